The van der Waals surface area contributed by atoms with Gasteiger partial charge in [-0.15, -0.1) is 29.0 Å². The molecule has 0 amide bonds. The Balaban J connectivity index is 0.00000208. The molecule has 0 radical (unpaired) electrons. The molecule has 26 heavy (non-hydrogen) atoms. The van der Waals surface area contributed by atoms with E-state index in [-0.39, 0.29) is 40.7 Å². The van der Waals surface area contributed by atoms with Crippen LogP contribution in [0.5, 0.6) is 0 Å². The van der Waals surface area contributed by atoms with Gasteiger partial charge in [-0.1, -0.05) is 79.5 Å². The summed E-state index contributed by atoms with van der Waals surface area (Å²) in [5.74, 6) is 0. The third-order valence-electron chi connectivity index (χ3n) is 4.65. The van der Waals surface area contributed by atoms with Gasteiger partial charge in [-0.2, -0.15) is 12.1 Å². The molecule has 0 aliphatic rings. The fourth-order valence-electron chi connectivity index (χ4n) is 3.06. The van der Waals surface area contributed by atoms with Gasteiger partial charge in [0.05, 0.1) is 16.1 Å². The van der Waals surface area contributed by atoms with Crippen molar-refractivity contribution in [2.24, 2.45) is 0 Å². The van der Waals surface area contributed by atoms with Gasteiger partial charge in [-0.05, 0) is 5.56 Å². The van der Waals surface area contributed by atoms with Crippen molar-refractivity contribution >= 4 is 37.3 Å². The van der Waals surface area contributed by atoms with Crippen LogP contribution in [0.2, 0.25) is 39.3 Å². The Kier molecular flexibility index (Phi) is 8.81. The molecule has 3 heteroatoms. The van der Waals surface area contributed by atoms with Gasteiger partial charge in [0.15, 0.2) is 0 Å². The summed E-state index contributed by atoms with van der Waals surface area (Å²) in [6, 6.07) is 20.7. The van der Waals surface area contributed by atoms with E-state index in [4.69, 9.17) is 0 Å². The maximum atomic E-state index is 2.51. The fraction of sp³-hybridized carbons (Fsp3) is 0.261. The van der Waals surface area contributed by atoms with Crippen LogP contribution >= 0.6 is 0 Å². The Bertz CT molecular complexity index is 816. The van der Waals surface area contributed by atoms with Gasteiger partial charge in [0.1, 0.15) is 0 Å². The molecule has 3 aromatic rings. The Hall–Kier alpha value is -0.646. The minimum atomic E-state index is -1.34. The summed E-state index contributed by atoms with van der Waals surface area (Å²) in [7, 11) is -2.67. The van der Waals surface area contributed by atoms with Crippen LogP contribution in [0.15, 0.2) is 54.6 Å². The summed E-state index contributed by atoms with van der Waals surface area (Å²) in [6.45, 7) is 14.7. The monoisotopic (exact) mass is 545 g/mol. The maximum absolute atomic E-state index is 2.51. The number of hydrogen-bond acceptors (Lipinski definition) is 0. The van der Waals surface area contributed by atoms with Crippen molar-refractivity contribution < 1.29 is 25.8 Å². The van der Waals surface area contributed by atoms with Crippen LogP contribution in [0.25, 0.3) is 21.9 Å². The molecule has 0 heterocycles. The second kappa shape index (κ2) is 9.03. The van der Waals surface area contributed by atoms with E-state index < -0.39 is 16.1 Å². The average molecular weight is 544 g/mol. The average Bonchev–Trinajstić information content (AvgIpc) is 2.93. The molecule has 3 aromatic carbocycles. The van der Waals surface area contributed by atoms with Crippen molar-refractivity contribution in [1.82, 2.24) is 0 Å². The van der Waals surface area contributed by atoms with Crippen LogP contribution in [0, 0.1) is 14.9 Å². The summed E-state index contributed by atoms with van der Waals surface area (Å²) in [5, 5.41) is 5.88. The van der Waals surface area contributed by atoms with E-state index in [9.17, 15) is 0 Å². The third-order valence-corrected chi connectivity index (χ3v) is 8.70. The zero-order valence-corrected chi connectivity index (χ0v) is 23.3. The van der Waals surface area contributed by atoms with Crippen molar-refractivity contribution in [1.29, 1.82) is 0 Å². The zero-order chi connectivity index (χ0) is 16.8. The first kappa shape index (κ1) is 25.4. The van der Waals surface area contributed by atoms with Gasteiger partial charge in [-0.25, -0.2) is 0 Å². The number of fused-ring (bicyclic) bond motifs is 1. The van der Waals surface area contributed by atoms with Crippen LogP contribution < -0.4 is 10.4 Å². The number of rotatable bonds is 3. The molecule has 0 saturated heterocycles. The third kappa shape index (κ3) is 5.20. The van der Waals surface area contributed by atoms with Crippen LogP contribution in [-0.4, -0.2) is 16.1 Å². The largest absolute Gasteiger partial charge is 0.358 e. The first-order valence-electron chi connectivity index (χ1n) is 8.47. The SMILES string of the molecule is C[Si](C)(C)c1cc(-c2cccc3[cH-]ccc23)cc([Si](C)(C)C)c1.[CH3-].[CH3-].[Hf]. The molecule has 0 fully saturated rings. The van der Waals surface area contributed by atoms with Gasteiger partial charge in [0.2, 0.25) is 0 Å². The first-order chi connectivity index (χ1) is 10.7. The second-order valence-electron chi connectivity index (χ2n) is 8.63. The smallest absolute Gasteiger partial charge is 0.0776 e. The van der Waals surface area contributed by atoms with Gasteiger partial charge < -0.3 is 14.9 Å². The second-order valence-corrected chi connectivity index (χ2v) is 18.8. The first-order valence-corrected chi connectivity index (χ1v) is 15.5. The molecule has 3 rings (SSSR count). The Morgan fingerprint density at radius 1 is 0.731 bits per heavy atom. The molecule has 0 aliphatic carbocycles. The molecule has 0 aromatic heterocycles. The molecule has 0 nitrogen and oxygen atoms in total. The molecular formula is C23H33HfSi2-3. The Labute approximate surface area is 182 Å². The van der Waals surface area contributed by atoms with E-state index in [2.05, 4.69) is 93.9 Å². The maximum Gasteiger partial charge on any atom is 0.0776 e. The normalized spacial score (nSPS) is 11.3. The van der Waals surface area contributed by atoms with Crippen molar-refractivity contribution in [2.75, 3.05) is 0 Å². The summed E-state index contributed by atoms with van der Waals surface area (Å²) in [5.41, 5.74) is 2.78. The van der Waals surface area contributed by atoms with Crippen molar-refractivity contribution in [3.63, 3.8) is 0 Å². The number of hydrogen-bond donors (Lipinski definition) is 0. The van der Waals surface area contributed by atoms with E-state index in [1.165, 1.54) is 21.9 Å². The molecule has 0 bridgehead atoms. The topological polar surface area (TPSA) is 0 Å². The van der Waals surface area contributed by atoms with E-state index in [0.29, 0.717) is 0 Å². The van der Waals surface area contributed by atoms with Crippen LogP contribution in [-0.2, 0) is 25.8 Å². The predicted octanol–water partition coefficient (Wildman–Crippen LogP) is 6.21. The fourth-order valence-corrected chi connectivity index (χ4v) is 5.56. The van der Waals surface area contributed by atoms with Gasteiger partial charge in [-0.3, -0.25) is 0 Å². The van der Waals surface area contributed by atoms with E-state index >= 15 is 0 Å². The molecular weight excluding hydrogens is 511 g/mol. The van der Waals surface area contributed by atoms with E-state index in [1.807, 2.05) is 0 Å². The van der Waals surface area contributed by atoms with Gasteiger partial charge >= 0.3 is 0 Å². The zero-order valence-electron chi connectivity index (χ0n) is 17.7. The molecule has 0 atom stereocenters. The van der Waals surface area contributed by atoms with Crippen molar-refractivity contribution in [3.8, 4) is 11.1 Å². The minimum absolute atomic E-state index is 0. The quantitative estimate of drug-likeness (QED) is 0.272. The standard InChI is InChI=1S/C21H27Si2.2CH3.Hf/c1-22(2,3)18-13-17(14-19(15-18)23(4,5)6)21-12-8-10-16-9-7-11-20(16)21;;;/h7-15H,1-6H3;2*1H3;/q3*-1;. The van der Waals surface area contributed by atoms with Gasteiger partial charge in [0, 0.05) is 25.8 Å². The van der Waals surface area contributed by atoms with Crippen molar-refractivity contribution in [3.05, 3.63) is 69.5 Å². The van der Waals surface area contributed by atoms with Crippen LogP contribution in [0.1, 0.15) is 0 Å². The van der Waals surface area contributed by atoms with Gasteiger partial charge in [0.25, 0.3) is 0 Å². The summed E-state index contributed by atoms with van der Waals surface area (Å²) in [4.78, 5) is 0. The predicted molar refractivity (Wildman–Crippen MR) is 124 cm³/mol. The van der Waals surface area contributed by atoms with E-state index in [0.717, 1.165) is 0 Å². The van der Waals surface area contributed by atoms with Crippen molar-refractivity contribution in [2.45, 2.75) is 39.3 Å². The summed E-state index contributed by atoms with van der Waals surface area (Å²) < 4.78 is 0. The van der Waals surface area contributed by atoms with Crippen LogP contribution in [0.3, 0.4) is 0 Å². The summed E-state index contributed by atoms with van der Waals surface area (Å²) in [6.07, 6.45) is 0. The minimum Gasteiger partial charge on any atom is -0.358 e. The summed E-state index contributed by atoms with van der Waals surface area (Å²) >= 11 is 0. The molecule has 0 saturated carbocycles. The number of benzene rings is 2. The van der Waals surface area contributed by atoms with E-state index in [1.54, 1.807) is 10.4 Å². The molecule has 0 unspecified atom stereocenters. The Morgan fingerprint density at radius 2 is 1.27 bits per heavy atom. The molecule has 140 valence electrons. The van der Waals surface area contributed by atoms with Crippen LogP contribution in [0.4, 0.5) is 0 Å². The molecule has 0 aliphatic heterocycles. The molecule has 0 N–H and O–H groups in total. The Morgan fingerprint density at radius 3 is 1.77 bits per heavy atom. The molecule has 0 spiro atoms.